The molecule has 2 heterocycles. The zero-order valence-electron chi connectivity index (χ0n) is 16.4. The van der Waals surface area contributed by atoms with Gasteiger partial charge in [-0.15, -0.1) is 10.2 Å². The third-order valence-corrected chi connectivity index (χ3v) is 5.09. The molecule has 0 bridgehead atoms. The molecule has 0 saturated heterocycles. The number of hydrogen-bond acceptors (Lipinski definition) is 8. The predicted molar refractivity (Wildman–Crippen MR) is 116 cm³/mol. The Morgan fingerprint density at radius 2 is 2.03 bits per heavy atom. The highest BCUT2D eigenvalue weighted by Gasteiger charge is 2.12. The van der Waals surface area contributed by atoms with Gasteiger partial charge in [-0.25, -0.2) is 10.1 Å². The second kappa shape index (κ2) is 9.20. The summed E-state index contributed by atoms with van der Waals surface area (Å²) in [7, 11) is 0. The van der Waals surface area contributed by atoms with Crippen LogP contribution in [0.15, 0.2) is 52.9 Å². The summed E-state index contributed by atoms with van der Waals surface area (Å²) in [5.74, 6) is 6.26. The van der Waals surface area contributed by atoms with Gasteiger partial charge in [0.15, 0.2) is 0 Å². The minimum atomic E-state index is -0.153. The number of aromatic nitrogens is 4. The fourth-order valence-corrected chi connectivity index (χ4v) is 3.02. The molecule has 0 saturated carbocycles. The molecule has 0 aliphatic heterocycles. The van der Waals surface area contributed by atoms with Crippen LogP contribution in [-0.4, -0.2) is 37.2 Å². The van der Waals surface area contributed by atoms with Gasteiger partial charge in [-0.1, -0.05) is 23.9 Å². The van der Waals surface area contributed by atoms with Crippen molar-refractivity contribution in [1.29, 1.82) is 0 Å². The summed E-state index contributed by atoms with van der Waals surface area (Å²) < 4.78 is 1.25. The van der Waals surface area contributed by atoms with Crippen molar-refractivity contribution in [3.05, 3.63) is 59.4 Å². The molecule has 2 aromatic heterocycles. The van der Waals surface area contributed by atoms with Crippen LogP contribution in [0.5, 0.6) is 0 Å². The van der Waals surface area contributed by atoms with E-state index in [-0.39, 0.29) is 17.6 Å². The molecule has 0 atom stereocenters. The van der Waals surface area contributed by atoms with Crippen molar-refractivity contribution in [2.75, 3.05) is 22.3 Å². The van der Waals surface area contributed by atoms with Gasteiger partial charge in [0.1, 0.15) is 0 Å². The minimum Gasteiger partial charge on any atom is -0.334 e. The number of benzene rings is 1. The van der Waals surface area contributed by atoms with Crippen molar-refractivity contribution >= 4 is 35.0 Å². The number of nitrogens with zero attached hydrogens (tertiary/aromatic N) is 5. The van der Waals surface area contributed by atoms with Crippen LogP contribution >= 0.6 is 11.8 Å². The molecule has 1 amide bonds. The molecule has 0 unspecified atom stereocenters. The second-order valence-electron chi connectivity index (χ2n) is 6.34. The van der Waals surface area contributed by atoms with Crippen LogP contribution in [0.25, 0.3) is 0 Å². The van der Waals surface area contributed by atoms with E-state index in [2.05, 4.69) is 31.0 Å². The number of amides is 1. The molecule has 0 fully saturated rings. The lowest BCUT2D eigenvalue weighted by Gasteiger charge is -2.07. The van der Waals surface area contributed by atoms with Crippen LogP contribution in [0, 0.1) is 13.8 Å². The normalized spacial score (nSPS) is 11.3. The highest BCUT2D eigenvalue weighted by molar-refractivity contribution is 7.99. The summed E-state index contributed by atoms with van der Waals surface area (Å²) in [4.78, 5) is 16.4. The molecule has 0 spiro atoms. The zero-order valence-corrected chi connectivity index (χ0v) is 17.2. The van der Waals surface area contributed by atoms with Crippen LogP contribution in [0.1, 0.15) is 23.7 Å². The van der Waals surface area contributed by atoms with Gasteiger partial charge in [0.25, 0.3) is 5.95 Å². The fraction of sp³-hybridized carbons (Fsp3) is 0.211. The van der Waals surface area contributed by atoms with Crippen molar-refractivity contribution in [1.82, 2.24) is 19.9 Å². The first-order valence-electron chi connectivity index (χ1n) is 8.86. The van der Waals surface area contributed by atoms with E-state index in [0.717, 1.165) is 16.9 Å². The van der Waals surface area contributed by atoms with Crippen molar-refractivity contribution < 1.29 is 4.79 Å². The minimum absolute atomic E-state index is 0.151. The number of nitrogens with one attached hydrogen (secondary N) is 2. The number of rotatable bonds is 7. The Bertz CT molecular complexity index is 1030. The lowest BCUT2D eigenvalue weighted by Crippen LogP contribution is -2.17. The van der Waals surface area contributed by atoms with Crippen molar-refractivity contribution in [3.8, 4) is 0 Å². The Kier molecular flexibility index (Phi) is 6.45. The molecule has 29 heavy (non-hydrogen) atoms. The number of carbonyl (C=O) groups is 1. The second-order valence-corrected chi connectivity index (χ2v) is 7.28. The first-order valence-corrected chi connectivity index (χ1v) is 9.84. The topological polar surface area (TPSA) is 123 Å². The Balaban J connectivity index is 1.56. The Morgan fingerprint density at radius 1 is 1.21 bits per heavy atom. The van der Waals surface area contributed by atoms with Crippen molar-refractivity contribution in [3.63, 3.8) is 0 Å². The molecular weight excluding hydrogens is 388 g/mol. The Labute approximate surface area is 172 Å². The molecule has 3 rings (SSSR count). The number of pyridine rings is 1. The lowest BCUT2D eigenvalue weighted by molar-refractivity contribution is -0.113. The van der Waals surface area contributed by atoms with E-state index in [1.807, 2.05) is 57.2 Å². The fourth-order valence-electron chi connectivity index (χ4n) is 2.37. The summed E-state index contributed by atoms with van der Waals surface area (Å²) in [5, 5.41) is 15.4. The Hall–Kier alpha value is -3.40. The summed E-state index contributed by atoms with van der Waals surface area (Å²) >= 11 is 1.18. The number of nitrogen functional groups attached to an aromatic ring is 1. The zero-order chi connectivity index (χ0) is 20.8. The summed E-state index contributed by atoms with van der Waals surface area (Å²) in [5.41, 5.74) is 7.24. The van der Waals surface area contributed by atoms with Gasteiger partial charge < -0.3 is 11.2 Å². The highest BCUT2D eigenvalue weighted by atomic mass is 32.2. The van der Waals surface area contributed by atoms with Gasteiger partial charge in [0.2, 0.25) is 11.1 Å². The van der Waals surface area contributed by atoms with Gasteiger partial charge >= 0.3 is 0 Å². The van der Waals surface area contributed by atoms with Gasteiger partial charge in [-0.2, -0.15) is 5.10 Å². The number of nitrogens with two attached hydrogens (primary N) is 1. The SMILES string of the molecule is C/C(=N\Nc1nnc(SCC(=O)Nc2ccc(C)c(C)c2)n1N)c1ccccn1. The quantitative estimate of drug-likeness (QED) is 0.237. The van der Waals surface area contributed by atoms with E-state index < -0.39 is 0 Å². The third-order valence-electron chi connectivity index (χ3n) is 4.15. The molecule has 1 aromatic carbocycles. The maximum atomic E-state index is 12.2. The van der Waals surface area contributed by atoms with Gasteiger partial charge in [0.05, 0.1) is 17.2 Å². The Morgan fingerprint density at radius 3 is 2.76 bits per heavy atom. The molecule has 0 radical (unpaired) electrons. The summed E-state index contributed by atoms with van der Waals surface area (Å²) in [6, 6.07) is 11.3. The van der Waals surface area contributed by atoms with Crippen LogP contribution in [0.2, 0.25) is 0 Å². The standard InChI is InChI=1S/C19H22N8OS/c1-12-7-8-15(10-13(12)2)22-17(28)11-29-19-26-25-18(27(19)20)24-23-14(3)16-6-4-5-9-21-16/h4-10H,11,20H2,1-3H3,(H,22,28)(H,24,25)/b23-14+. The average Bonchev–Trinajstić information content (AvgIpc) is 3.07. The number of aryl methyl sites for hydroxylation is 2. The van der Waals surface area contributed by atoms with Crippen LogP contribution < -0.4 is 16.6 Å². The largest absolute Gasteiger partial charge is 0.334 e. The average molecular weight is 411 g/mol. The van der Waals surface area contributed by atoms with Gasteiger partial charge in [-0.3, -0.25) is 9.78 Å². The molecular formula is C19H22N8OS. The third kappa shape index (κ3) is 5.32. The maximum absolute atomic E-state index is 12.2. The molecule has 3 aromatic rings. The van der Waals surface area contributed by atoms with E-state index in [1.165, 1.54) is 22.0 Å². The number of anilines is 2. The molecule has 0 aliphatic carbocycles. The number of hydrazone groups is 1. The van der Waals surface area contributed by atoms with Crippen molar-refractivity contribution in [2.45, 2.75) is 25.9 Å². The summed E-state index contributed by atoms with van der Waals surface area (Å²) in [6.07, 6.45) is 1.69. The number of hydrogen-bond donors (Lipinski definition) is 3. The number of carbonyl (C=O) groups excluding carboxylic acids is 1. The van der Waals surface area contributed by atoms with E-state index in [0.29, 0.717) is 10.9 Å². The molecule has 10 heteroatoms. The molecule has 9 nitrogen and oxygen atoms in total. The van der Waals surface area contributed by atoms with Crippen LogP contribution in [0.3, 0.4) is 0 Å². The summed E-state index contributed by atoms with van der Waals surface area (Å²) in [6.45, 7) is 5.85. The first-order chi connectivity index (χ1) is 13.9. The monoisotopic (exact) mass is 410 g/mol. The van der Waals surface area contributed by atoms with E-state index in [9.17, 15) is 4.79 Å². The molecule has 4 N–H and O–H groups in total. The first kappa shape index (κ1) is 20.3. The van der Waals surface area contributed by atoms with Crippen molar-refractivity contribution in [2.24, 2.45) is 5.10 Å². The highest BCUT2D eigenvalue weighted by Crippen LogP contribution is 2.18. The molecule has 0 aliphatic rings. The maximum Gasteiger partial charge on any atom is 0.264 e. The lowest BCUT2D eigenvalue weighted by atomic mass is 10.1. The van der Waals surface area contributed by atoms with E-state index in [1.54, 1.807) is 6.20 Å². The number of thioether (sulfide) groups is 1. The van der Waals surface area contributed by atoms with Crippen LogP contribution in [0.4, 0.5) is 11.6 Å². The van der Waals surface area contributed by atoms with Gasteiger partial charge in [0, 0.05) is 11.9 Å². The van der Waals surface area contributed by atoms with E-state index in [4.69, 9.17) is 5.84 Å². The van der Waals surface area contributed by atoms with E-state index >= 15 is 0 Å². The smallest absolute Gasteiger partial charge is 0.264 e. The molecule has 150 valence electrons. The van der Waals surface area contributed by atoms with Gasteiger partial charge in [-0.05, 0) is 56.2 Å². The predicted octanol–water partition coefficient (Wildman–Crippen LogP) is 2.57. The van der Waals surface area contributed by atoms with Crippen LogP contribution in [-0.2, 0) is 4.79 Å².